The normalized spacial score (nSPS) is 12.2. The van der Waals surface area contributed by atoms with Gasteiger partial charge >= 0.3 is 0 Å². The van der Waals surface area contributed by atoms with Crippen molar-refractivity contribution in [1.82, 2.24) is 30.2 Å². The fourth-order valence-corrected chi connectivity index (χ4v) is 2.87. The van der Waals surface area contributed by atoms with Gasteiger partial charge in [0.25, 0.3) is 5.91 Å². The zero-order valence-electron chi connectivity index (χ0n) is 16.0. The topological polar surface area (TPSA) is 128 Å². The molecular weight excluding hydrogens is 372 g/mol. The van der Waals surface area contributed by atoms with Crippen LogP contribution >= 0.6 is 0 Å². The zero-order chi connectivity index (χ0) is 20.4. The summed E-state index contributed by atoms with van der Waals surface area (Å²) in [7, 11) is 3.26. The number of carbonyl (C=O) groups is 2. The van der Waals surface area contributed by atoms with Crippen molar-refractivity contribution in [3.05, 3.63) is 42.0 Å². The average molecular weight is 392 g/mol. The first-order valence-electron chi connectivity index (χ1n) is 9.01. The minimum atomic E-state index is -0.396. The van der Waals surface area contributed by atoms with E-state index < -0.39 is 5.91 Å². The number of nitrogens with zero attached hydrogens (tertiary/aromatic N) is 4. The molecule has 0 unspecified atom stereocenters. The lowest BCUT2D eigenvalue weighted by molar-refractivity contribution is -0.127. The number of carbonyl (C=O) groups excluding carboxylic acids is 2. The molecule has 4 heterocycles. The molecule has 0 aromatic carbocycles. The van der Waals surface area contributed by atoms with E-state index in [1.165, 1.54) is 11.2 Å². The van der Waals surface area contributed by atoms with Crippen LogP contribution in [0.1, 0.15) is 16.1 Å². The Bertz CT molecular complexity index is 1120. The number of anilines is 3. The van der Waals surface area contributed by atoms with Gasteiger partial charge in [-0.05, 0) is 12.1 Å². The molecule has 0 saturated carbocycles. The second kappa shape index (κ2) is 7.58. The number of fused-ring (bicyclic) bond motifs is 2. The molecule has 0 saturated heterocycles. The highest BCUT2D eigenvalue weighted by Gasteiger charge is 2.15. The number of aromatic amines is 1. The fourth-order valence-electron chi connectivity index (χ4n) is 2.87. The number of pyridine rings is 1. The van der Waals surface area contributed by atoms with E-state index in [2.05, 4.69) is 35.9 Å². The van der Waals surface area contributed by atoms with Gasteiger partial charge < -0.3 is 25.8 Å². The molecule has 3 aromatic rings. The predicted molar refractivity (Wildman–Crippen MR) is 110 cm³/mol. The van der Waals surface area contributed by atoms with Gasteiger partial charge in [-0.25, -0.2) is 15.0 Å². The number of hydrogen-bond acceptors (Lipinski definition) is 7. The number of nitrogens with one attached hydrogen (secondary N) is 4. The predicted octanol–water partition coefficient (Wildman–Crippen LogP) is 1.35. The maximum absolute atomic E-state index is 12.4. The number of amides is 2. The molecule has 4 N–H and O–H groups in total. The molecule has 0 fully saturated rings. The minimum Gasteiger partial charge on any atom is -0.380 e. The second-order valence-corrected chi connectivity index (χ2v) is 6.70. The number of H-pyrrole nitrogens is 1. The van der Waals surface area contributed by atoms with Crippen molar-refractivity contribution in [3.8, 4) is 0 Å². The van der Waals surface area contributed by atoms with E-state index in [9.17, 15) is 9.59 Å². The minimum absolute atomic E-state index is 0.0847. The molecule has 4 rings (SSSR count). The first-order valence-corrected chi connectivity index (χ1v) is 9.01. The van der Waals surface area contributed by atoms with Crippen LogP contribution in [-0.2, 0) is 4.79 Å². The van der Waals surface area contributed by atoms with Crippen LogP contribution in [-0.4, -0.2) is 63.8 Å². The zero-order valence-corrected chi connectivity index (χ0v) is 16.0. The molecule has 0 spiro atoms. The lowest BCUT2D eigenvalue weighted by atomic mass is 10.1. The van der Waals surface area contributed by atoms with Crippen molar-refractivity contribution in [1.29, 1.82) is 0 Å². The van der Waals surface area contributed by atoms with Crippen molar-refractivity contribution in [2.75, 3.05) is 37.8 Å². The molecule has 1 aliphatic rings. The molecular formula is C19H20N8O2. The van der Waals surface area contributed by atoms with Crippen LogP contribution < -0.4 is 16.0 Å². The van der Waals surface area contributed by atoms with Gasteiger partial charge in [-0.2, -0.15) is 0 Å². The first kappa shape index (κ1) is 18.4. The summed E-state index contributed by atoms with van der Waals surface area (Å²) in [4.78, 5) is 41.2. The number of likely N-dealkylation sites (N-methyl/N-ethyl adjacent to an activating group) is 1. The Kier molecular flexibility index (Phi) is 4.82. The SMILES string of the molecule is CN(C)C(=O)CNC(=O)c1cc2c(Nc3cc4c(cn3)NCC=C4)ncnc2[nH]1. The van der Waals surface area contributed by atoms with Gasteiger partial charge in [-0.3, -0.25) is 9.59 Å². The number of rotatable bonds is 5. The van der Waals surface area contributed by atoms with Crippen LogP contribution in [0, 0.1) is 0 Å². The highest BCUT2D eigenvalue weighted by molar-refractivity contribution is 6.01. The average Bonchev–Trinajstić information content (AvgIpc) is 3.17. The van der Waals surface area contributed by atoms with Crippen molar-refractivity contribution in [2.45, 2.75) is 0 Å². The standard InChI is InChI=1S/C19H20N8O2/c1-27(2)16(28)9-22-19(29)13-7-12-17(25-13)23-10-24-18(12)26-15-6-11-4-3-5-20-14(11)8-21-15/h3-4,6-8,10,20H,5,9H2,1-2H3,(H,22,29)(H2,21,23,24,25,26). The molecule has 3 aromatic heterocycles. The van der Waals surface area contributed by atoms with Gasteiger partial charge in [0.2, 0.25) is 5.91 Å². The van der Waals surface area contributed by atoms with E-state index in [4.69, 9.17) is 0 Å². The molecule has 0 atom stereocenters. The largest absolute Gasteiger partial charge is 0.380 e. The van der Waals surface area contributed by atoms with E-state index in [1.807, 2.05) is 18.2 Å². The van der Waals surface area contributed by atoms with Crippen LogP contribution in [0.4, 0.5) is 17.3 Å². The van der Waals surface area contributed by atoms with Gasteiger partial charge in [-0.1, -0.05) is 12.2 Å². The third-order valence-electron chi connectivity index (χ3n) is 4.46. The van der Waals surface area contributed by atoms with Crippen LogP contribution in [0.3, 0.4) is 0 Å². The summed E-state index contributed by atoms with van der Waals surface area (Å²) in [5.74, 6) is 0.557. The quantitative estimate of drug-likeness (QED) is 0.516. The Balaban J connectivity index is 1.56. The first-order chi connectivity index (χ1) is 14.0. The fraction of sp³-hybridized carbons (Fsp3) is 0.211. The highest BCUT2D eigenvalue weighted by atomic mass is 16.2. The smallest absolute Gasteiger partial charge is 0.268 e. The molecule has 10 nitrogen and oxygen atoms in total. The molecule has 2 amide bonds. The second-order valence-electron chi connectivity index (χ2n) is 6.70. The van der Waals surface area contributed by atoms with Crippen molar-refractivity contribution in [2.24, 2.45) is 0 Å². The van der Waals surface area contributed by atoms with Crippen molar-refractivity contribution >= 4 is 46.2 Å². The maximum atomic E-state index is 12.4. The molecule has 0 aliphatic carbocycles. The van der Waals surface area contributed by atoms with Crippen LogP contribution in [0.15, 0.2) is 30.7 Å². The van der Waals surface area contributed by atoms with E-state index >= 15 is 0 Å². The Morgan fingerprint density at radius 2 is 2.07 bits per heavy atom. The summed E-state index contributed by atoms with van der Waals surface area (Å²) >= 11 is 0. The molecule has 0 bridgehead atoms. The monoisotopic (exact) mass is 392 g/mol. The van der Waals surface area contributed by atoms with Crippen LogP contribution in [0.25, 0.3) is 17.1 Å². The third-order valence-corrected chi connectivity index (χ3v) is 4.46. The van der Waals surface area contributed by atoms with Gasteiger partial charge in [0, 0.05) is 26.2 Å². The van der Waals surface area contributed by atoms with E-state index in [0.717, 1.165) is 17.8 Å². The molecule has 29 heavy (non-hydrogen) atoms. The van der Waals surface area contributed by atoms with Crippen LogP contribution in [0.5, 0.6) is 0 Å². The summed E-state index contributed by atoms with van der Waals surface area (Å²) in [5, 5.41) is 9.66. The van der Waals surface area contributed by atoms with Gasteiger partial charge in [-0.15, -0.1) is 0 Å². The van der Waals surface area contributed by atoms with Gasteiger partial charge in [0.1, 0.15) is 29.3 Å². The molecule has 1 aliphatic heterocycles. The summed E-state index contributed by atoms with van der Waals surface area (Å²) in [6.07, 6.45) is 7.23. The summed E-state index contributed by atoms with van der Waals surface area (Å²) < 4.78 is 0. The third kappa shape index (κ3) is 3.86. The van der Waals surface area contributed by atoms with Crippen molar-refractivity contribution in [3.63, 3.8) is 0 Å². The molecule has 10 heteroatoms. The van der Waals surface area contributed by atoms with E-state index in [0.29, 0.717) is 28.4 Å². The number of aromatic nitrogens is 4. The molecule has 148 valence electrons. The van der Waals surface area contributed by atoms with Gasteiger partial charge in [0.15, 0.2) is 0 Å². The number of hydrogen-bond donors (Lipinski definition) is 4. The Labute approximate surface area is 166 Å². The summed E-state index contributed by atoms with van der Waals surface area (Å²) in [5.41, 5.74) is 2.80. The Morgan fingerprint density at radius 3 is 2.90 bits per heavy atom. The lowest BCUT2D eigenvalue weighted by Gasteiger charge is -2.14. The summed E-state index contributed by atoms with van der Waals surface area (Å²) in [6.45, 7) is 0.695. The highest BCUT2D eigenvalue weighted by Crippen LogP contribution is 2.26. The van der Waals surface area contributed by atoms with Crippen LogP contribution in [0.2, 0.25) is 0 Å². The molecule has 0 radical (unpaired) electrons. The maximum Gasteiger partial charge on any atom is 0.268 e. The van der Waals surface area contributed by atoms with Gasteiger partial charge in [0.05, 0.1) is 23.8 Å². The Morgan fingerprint density at radius 1 is 1.21 bits per heavy atom. The lowest BCUT2D eigenvalue weighted by Crippen LogP contribution is -2.36. The van der Waals surface area contributed by atoms with Crippen molar-refractivity contribution < 1.29 is 9.59 Å². The Hall–Kier alpha value is -3.95. The van der Waals surface area contributed by atoms with E-state index in [1.54, 1.807) is 26.4 Å². The summed E-state index contributed by atoms with van der Waals surface area (Å²) in [6, 6.07) is 3.56. The van der Waals surface area contributed by atoms with E-state index in [-0.39, 0.29) is 12.5 Å².